The summed E-state index contributed by atoms with van der Waals surface area (Å²) >= 11 is 2.06. The smallest absolute Gasteiger partial charge is 0.257 e. The van der Waals surface area contributed by atoms with E-state index in [-0.39, 0.29) is 5.91 Å². The van der Waals surface area contributed by atoms with Crippen molar-refractivity contribution in [3.8, 4) is 0 Å². The molecule has 22 heavy (non-hydrogen) atoms. The van der Waals surface area contributed by atoms with Gasteiger partial charge < -0.3 is 4.90 Å². The Morgan fingerprint density at radius 1 is 1.36 bits per heavy atom. The molecule has 3 rings (SSSR count). The van der Waals surface area contributed by atoms with Gasteiger partial charge in [0.2, 0.25) is 0 Å². The molecule has 1 aromatic rings. The molecular weight excluding hydrogens is 296 g/mol. The van der Waals surface area contributed by atoms with E-state index in [2.05, 4.69) is 28.7 Å². The molecule has 3 heterocycles. The monoisotopic (exact) mass is 322 g/mol. The highest BCUT2D eigenvalue weighted by molar-refractivity contribution is 7.99. The van der Waals surface area contributed by atoms with Crippen LogP contribution in [0.25, 0.3) is 0 Å². The third-order valence-electron chi connectivity index (χ3n) is 4.87. The molecule has 0 spiro atoms. The van der Waals surface area contributed by atoms with Crippen molar-refractivity contribution in [1.29, 1.82) is 0 Å². The number of rotatable bonds is 3. The average Bonchev–Trinajstić information content (AvgIpc) is 3.11. The largest absolute Gasteiger partial charge is 0.337 e. The summed E-state index contributed by atoms with van der Waals surface area (Å²) in [4.78, 5) is 17.4. The van der Waals surface area contributed by atoms with Crippen LogP contribution < -0.4 is 0 Å². The van der Waals surface area contributed by atoms with Gasteiger partial charge in [0.25, 0.3) is 5.91 Å². The van der Waals surface area contributed by atoms with E-state index in [0.29, 0.717) is 0 Å². The molecule has 2 saturated heterocycles. The summed E-state index contributed by atoms with van der Waals surface area (Å²) in [7, 11) is 0. The van der Waals surface area contributed by atoms with E-state index in [9.17, 15) is 4.79 Å². The van der Waals surface area contributed by atoms with Gasteiger partial charge in [-0.25, -0.2) is 0 Å². The molecule has 1 unspecified atom stereocenters. The minimum Gasteiger partial charge on any atom is -0.337 e. The van der Waals surface area contributed by atoms with E-state index in [1.807, 2.05) is 16.5 Å². The molecule has 0 N–H and O–H groups in total. The van der Waals surface area contributed by atoms with Gasteiger partial charge in [0.15, 0.2) is 0 Å². The SMILES string of the molecule is CCn1ncc(C(=O)N2CCCN(C3CCSC3)CC2)c1C. The van der Waals surface area contributed by atoms with Gasteiger partial charge in [0.05, 0.1) is 11.8 Å². The van der Waals surface area contributed by atoms with Crippen LogP contribution in [0.5, 0.6) is 0 Å². The van der Waals surface area contributed by atoms with Crippen molar-refractivity contribution in [2.45, 2.75) is 39.3 Å². The second-order valence-corrected chi connectivity index (χ2v) is 7.31. The second kappa shape index (κ2) is 7.04. The Morgan fingerprint density at radius 2 is 2.23 bits per heavy atom. The number of aromatic nitrogens is 2. The molecule has 1 aromatic heterocycles. The van der Waals surface area contributed by atoms with Gasteiger partial charge in [-0.05, 0) is 32.4 Å². The van der Waals surface area contributed by atoms with Crippen LogP contribution in [0.1, 0.15) is 35.8 Å². The summed E-state index contributed by atoms with van der Waals surface area (Å²) in [6.07, 6.45) is 4.12. The minimum absolute atomic E-state index is 0.153. The van der Waals surface area contributed by atoms with Crippen LogP contribution in [-0.2, 0) is 6.54 Å². The number of thioether (sulfide) groups is 1. The van der Waals surface area contributed by atoms with Gasteiger partial charge >= 0.3 is 0 Å². The van der Waals surface area contributed by atoms with Gasteiger partial charge in [-0.3, -0.25) is 14.4 Å². The van der Waals surface area contributed by atoms with Gasteiger partial charge in [-0.2, -0.15) is 16.9 Å². The fraction of sp³-hybridized carbons (Fsp3) is 0.750. The maximum absolute atomic E-state index is 12.8. The first kappa shape index (κ1) is 15.9. The Balaban J connectivity index is 1.64. The Bertz CT molecular complexity index is 524. The number of hydrogen-bond donors (Lipinski definition) is 0. The highest BCUT2D eigenvalue weighted by atomic mass is 32.2. The summed E-state index contributed by atoms with van der Waals surface area (Å²) in [5.41, 5.74) is 1.76. The molecule has 1 amide bonds. The summed E-state index contributed by atoms with van der Waals surface area (Å²) in [5.74, 6) is 2.70. The van der Waals surface area contributed by atoms with Crippen molar-refractivity contribution < 1.29 is 4.79 Å². The second-order valence-electron chi connectivity index (χ2n) is 6.16. The Labute approximate surface area is 137 Å². The number of aryl methyl sites for hydroxylation is 1. The van der Waals surface area contributed by atoms with Crippen LogP contribution in [0.4, 0.5) is 0 Å². The van der Waals surface area contributed by atoms with E-state index in [1.165, 1.54) is 17.9 Å². The van der Waals surface area contributed by atoms with E-state index >= 15 is 0 Å². The lowest BCUT2D eigenvalue weighted by Gasteiger charge is -2.26. The van der Waals surface area contributed by atoms with Gasteiger partial charge in [0, 0.05) is 50.2 Å². The van der Waals surface area contributed by atoms with Crippen molar-refractivity contribution >= 4 is 17.7 Å². The van der Waals surface area contributed by atoms with Crippen LogP contribution in [-0.4, -0.2) is 69.2 Å². The molecule has 0 radical (unpaired) electrons. The number of carbonyl (C=O) groups excluding carboxylic acids is 1. The molecule has 0 saturated carbocycles. The highest BCUT2D eigenvalue weighted by Crippen LogP contribution is 2.23. The zero-order valence-electron chi connectivity index (χ0n) is 13.6. The lowest BCUT2D eigenvalue weighted by atomic mass is 10.2. The molecule has 6 heteroatoms. The number of carbonyl (C=O) groups is 1. The molecule has 0 aliphatic carbocycles. The van der Waals surface area contributed by atoms with E-state index < -0.39 is 0 Å². The Hall–Kier alpha value is -1.01. The summed E-state index contributed by atoms with van der Waals surface area (Å²) in [6.45, 7) is 8.70. The average molecular weight is 322 g/mol. The summed E-state index contributed by atoms with van der Waals surface area (Å²) < 4.78 is 1.90. The Morgan fingerprint density at radius 3 is 2.91 bits per heavy atom. The molecule has 0 bridgehead atoms. The standard InChI is InChI=1S/C16H26N4OS/c1-3-20-13(2)15(11-17-20)16(21)19-7-4-6-18(8-9-19)14-5-10-22-12-14/h11,14H,3-10,12H2,1-2H3. The van der Waals surface area contributed by atoms with E-state index in [4.69, 9.17) is 0 Å². The highest BCUT2D eigenvalue weighted by Gasteiger charge is 2.27. The van der Waals surface area contributed by atoms with Crippen LogP contribution in [0.15, 0.2) is 6.20 Å². The normalized spacial score (nSPS) is 23.7. The van der Waals surface area contributed by atoms with Crippen LogP contribution in [0.3, 0.4) is 0 Å². The minimum atomic E-state index is 0.153. The summed E-state index contributed by atoms with van der Waals surface area (Å²) in [6, 6.07) is 0.727. The molecule has 1 atom stereocenters. The lowest BCUT2D eigenvalue weighted by molar-refractivity contribution is 0.0758. The molecule has 5 nitrogen and oxygen atoms in total. The van der Waals surface area contributed by atoms with Crippen molar-refractivity contribution in [1.82, 2.24) is 19.6 Å². The number of amides is 1. The quantitative estimate of drug-likeness (QED) is 0.852. The topological polar surface area (TPSA) is 41.4 Å². The molecule has 122 valence electrons. The lowest BCUT2D eigenvalue weighted by Crippen LogP contribution is -2.39. The molecule has 2 aliphatic rings. The fourth-order valence-electron chi connectivity index (χ4n) is 3.46. The predicted octanol–water partition coefficient (Wildman–Crippen LogP) is 1.86. The molecular formula is C16H26N4OS. The van der Waals surface area contributed by atoms with E-state index in [1.54, 1.807) is 6.20 Å². The first-order valence-electron chi connectivity index (χ1n) is 8.34. The third kappa shape index (κ3) is 3.18. The summed E-state index contributed by atoms with van der Waals surface area (Å²) in [5, 5.41) is 4.31. The van der Waals surface area contributed by atoms with Crippen LogP contribution in [0, 0.1) is 6.92 Å². The van der Waals surface area contributed by atoms with E-state index in [0.717, 1.165) is 56.4 Å². The predicted molar refractivity (Wildman–Crippen MR) is 90.5 cm³/mol. The molecule has 2 fully saturated rings. The van der Waals surface area contributed by atoms with Crippen molar-refractivity contribution in [3.05, 3.63) is 17.5 Å². The number of hydrogen-bond acceptors (Lipinski definition) is 4. The van der Waals surface area contributed by atoms with Gasteiger partial charge in [0.1, 0.15) is 0 Å². The third-order valence-corrected chi connectivity index (χ3v) is 6.02. The Kier molecular flexibility index (Phi) is 5.08. The maximum atomic E-state index is 12.8. The van der Waals surface area contributed by atoms with Crippen molar-refractivity contribution in [2.24, 2.45) is 0 Å². The van der Waals surface area contributed by atoms with Crippen LogP contribution in [0.2, 0.25) is 0 Å². The first-order valence-corrected chi connectivity index (χ1v) is 9.49. The first-order chi connectivity index (χ1) is 10.7. The maximum Gasteiger partial charge on any atom is 0.257 e. The van der Waals surface area contributed by atoms with Crippen molar-refractivity contribution in [3.63, 3.8) is 0 Å². The van der Waals surface area contributed by atoms with Gasteiger partial charge in [-0.1, -0.05) is 0 Å². The zero-order chi connectivity index (χ0) is 15.5. The van der Waals surface area contributed by atoms with Gasteiger partial charge in [-0.15, -0.1) is 0 Å². The fourth-order valence-corrected chi connectivity index (χ4v) is 4.72. The zero-order valence-corrected chi connectivity index (χ0v) is 14.4. The van der Waals surface area contributed by atoms with Crippen molar-refractivity contribution in [2.75, 3.05) is 37.7 Å². The van der Waals surface area contributed by atoms with Crippen LogP contribution >= 0.6 is 11.8 Å². The number of nitrogens with zero attached hydrogens (tertiary/aromatic N) is 4. The molecule has 2 aliphatic heterocycles. The molecule has 0 aromatic carbocycles.